The Kier molecular flexibility index (Phi) is 5.19. The molecule has 24 heavy (non-hydrogen) atoms. The highest BCUT2D eigenvalue weighted by molar-refractivity contribution is 9.10. The van der Waals surface area contributed by atoms with Crippen molar-refractivity contribution in [3.05, 3.63) is 45.0 Å². The molecule has 1 aliphatic heterocycles. The second-order valence-corrected chi connectivity index (χ2v) is 7.17. The summed E-state index contributed by atoms with van der Waals surface area (Å²) in [7, 11) is 1.61. The van der Waals surface area contributed by atoms with Gasteiger partial charge >= 0.3 is 0 Å². The number of ether oxygens (including phenoxy) is 1. The Balaban J connectivity index is 2.17. The van der Waals surface area contributed by atoms with Crippen LogP contribution in [0.25, 0.3) is 16.0 Å². The average molecular weight is 406 g/mol. The minimum Gasteiger partial charge on any atom is -0.378 e. The fourth-order valence-electron chi connectivity index (χ4n) is 2.65. The van der Waals surface area contributed by atoms with Gasteiger partial charge in [0.05, 0.1) is 29.7 Å². The zero-order chi connectivity index (χ0) is 17.1. The Morgan fingerprint density at radius 2 is 2.00 bits per heavy atom. The molecule has 0 spiro atoms. The van der Waals surface area contributed by atoms with Crippen LogP contribution in [-0.4, -0.2) is 39.3 Å². The number of thiophene rings is 1. The number of benzene rings is 1. The van der Waals surface area contributed by atoms with Gasteiger partial charge in [-0.2, -0.15) is 0 Å². The molecule has 1 saturated heterocycles. The van der Waals surface area contributed by atoms with E-state index in [0.29, 0.717) is 29.3 Å². The maximum absolute atomic E-state index is 12.4. The SMILES string of the molecule is [C-]#[N+]c1c(N2CCOCC2)sc(C(=O)NC)c1-c1ccc(Br)cc1. The molecule has 0 bridgehead atoms. The van der Waals surface area contributed by atoms with Gasteiger partial charge in [0, 0.05) is 30.2 Å². The number of rotatable bonds is 3. The van der Waals surface area contributed by atoms with Crippen LogP contribution < -0.4 is 10.2 Å². The normalized spacial score (nSPS) is 14.3. The molecule has 0 unspecified atom stereocenters. The third-order valence-electron chi connectivity index (χ3n) is 3.84. The van der Waals surface area contributed by atoms with Gasteiger partial charge in [0.1, 0.15) is 0 Å². The first-order valence-corrected chi connectivity index (χ1v) is 9.11. The van der Waals surface area contributed by atoms with Crippen LogP contribution >= 0.6 is 27.3 Å². The molecule has 1 N–H and O–H groups in total. The fraction of sp³-hybridized carbons (Fsp3) is 0.294. The molecule has 5 nitrogen and oxygen atoms in total. The summed E-state index contributed by atoms with van der Waals surface area (Å²) in [5.41, 5.74) is 2.13. The summed E-state index contributed by atoms with van der Waals surface area (Å²) in [6, 6.07) is 7.69. The van der Waals surface area contributed by atoms with Gasteiger partial charge in [0.25, 0.3) is 5.91 Å². The molecule has 1 aromatic carbocycles. The monoisotopic (exact) mass is 405 g/mol. The number of anilines is 1. The van der Waals surface area contributed by atoms with E-state index in [4.69, 9.17) is 11.3 Å². The van der Waals surface area contributed by atoms with E-state index in [1.54, 1.807) is 7.05 Å². The van der Waals surface area contributed by atoms with Crippen LogP contribution in [0.3, 0.4) is 0 Å². The van der Waals surface area contributed by atoms with E-state index >= 15 is 0 Å². The van der Waals surface area contributed by atoms with Gasteiger partial charge in [-0.1, -0.05) is 28.1 Å². The molecule has 0 radical (unpaired) electrons. The Labute approximate surface area is 153 Å². The van der Waals surface area contributed by atoms with Crippen LogP contribution in [0, 0.1) is 6.57 Å². The van der Waals surface area contributed by atoms with E-state index in [1.165, 1.54) is 11.3 Å². The lowest BCUT2D eigenvalue weighted by molar-refractivity contribution is 0.0967. The summed E-state index contributed by atoms with van der Waals surface area (Å²) >= 11 is 4.81. The second-order valence-electron chi connectivity index (χ2n) is 5.26. The summed E-state index contributed by atoms with van der Waals surface area (Å²) in [5, 5.41) is 3.54. The molecule has 7 heteroatoms. The van der Waals surface area contributed by atoms with Gasteiger partial charge in [-0.15, -0.1) is 11.3 Å². The van der Waals surface area contributed by atoms with Crippen molar-refractivity contribution < 1.29 is 9.53 Å². The summed E-state index contributed by atoms with van der Waals surface area (Å²) in [6.45, 7) is 10.4. The number of nitrogens with zero attached hydrogens (tertiary/aromatic N) is 2. The Hall–Kier alpha value is -1.88. The van der Waals surface area contributed by atoms with Gasteiger partial charge in [-0.3, -0.25) is 4.79 Å². The number of morpholine rings is 1. The fourth-order valence-corrected chi connectivity index (χ4v) is 4.18. The number of carbonyl (C=O) groups excluding carboxylic acids is 1. The van der Waals surface area contributed by atoms with Crippen molar-refractivity contribution in [2.45, 2.75) is 0 Å². The average Bonchev–Trinajstić information content (AvgIpc) is 3.02. The van der Waals surface area contributed by atoms with Gasteiger partial charge in [0.2, 0.25) is 5.69 Å². The summed E-state index contributed by atoms with van der Waals surface area (Å²) in [4.78, 5) is 18.9. The van der Waals surface area contributed by atoms with Crippen molar-refractivity contribution in [2.24, 2.45) is 0 Å². The first-order valence-electron chi connectivity index (χ1n) is 7.50. The number of carbonyl (C=O) groups is 1. The number of amides is 1. The van der Waals surface area contributed by atoms with E-state index in [2.05, 4.69) is 31.0 Å². The third-order valence-corrected chi connectivity index (χ3v) is 5.61. The lowest BCUT2D eigenvalue weighted by Crippen LogP contribution is -2.35. The van der Waals surface area contributed by atoms with Crippen molar-refractivity contribution in [3.8, 4) is 11.1 Å². The van der Waals surface area contributed by atoms with Crippen molar-refractivity contribution in [1.29, 1.82) is 0 Å². The van der Waals surface area contributed by atoms with Crippen LogP contribution in [0.5, 0.6) is 0 Å². The molecule has 1 aromatic heterocycles. The van der Waals surface area contributed by atoms with Gasteiger partial charge in [-0.25, -0.2) is 4.85 Å². The van der Waals surface area contributed by atoms with Crippen LogP contribution in [0.4, 0.5) is 10.7 Å². The number of hydrogen-bond donors (Lipinski definition) is 1. The Morgan fingerprint density at radius 3 is 2.58 bits per heavy atom. The summed E-state index contributed by atoms with van der Waals surface area (Å²) in [6.07, 6.45) is 0. The quantitative estimate of drug-likeness (QED) is 0.786. The second kappa shape index (κ2) is 7.34. The molecule has 124 valence electrons. The third kappa shape index (κ3) is 3.18. The molecule has 3 rings (SSSR count). The van der Waals surface area contributed by atoms with Crippen LogP contribution in [-0.2, 0) is 4.74 Å². The number of hydrogen-bond acceptors (Lipinski definition) is 4. The molecular formula is C17H16BrN3O2S. The van der Waals surface area contributed by atoms with Gasteiger partial charge in [0.15, 0.2) is 0 Å². The van der Waals surface area contributed by atoms with Gasteiger partial charge < -0.3 is 15.0 Å². The maximum Gasteiger partial charge on any atom is 0.260 e. The van der Waals surface area contributed by atoms with E-state index in [0.717, 1.165) is 28.1 Å². The summed E-state index contributed by atoms with van der Waals surface area (Å²) in [5.74, 6) is -0.165. The largest absolute Gasteiger partial charge is 0.378 e. The topological polar surface area (TPSA) is 45.9 Å². The first-order chi connectivity index (χ1) is 11.7. The Bertz CT molecular complexity index is 789. The zero-order valence-corrected chi connectivity index (χ0v) is 15.5. The highest BCUT2D eigenvalue weighted by Gasteiger charge is 2.27. The van der Waals surface area contributed by atoms with E-state index in [1.807, 2.05) is 24.3 Å². The van der Waals surface area contributed by atoms with Crippen LogP contribution in [0.15, 0.2) is 28.7 Å². The highest BCUT2D eigenvalue weighted by atomic mass is 79.9. The lowest BCUT2D eigenvalue weighted by atomic mass is 10.0. The standard InChI is InChI=1S/C17H16BrN3O2S/c1-19-14-13(11-3-5-12(18)6-4-11)15(16(22)20-2)24-17(14)21-7-9-23-10-8-21/h3-6H,7-10H2,2H3,(H,20,22). The van der Waals surface area contributed by atoms with Crippen molar-refractivity contribution >= 4 is 43.9 Å². The number of halogens is 1. The zero-order valence-electron chi connectivity index (χ0n) is 13.1. The van der Waals surface area contributed by atoms with Crippen molar-refractivity contribution in [3.63, 3.8) is 0 Å². The van der Waals surface area contributed by atoms with Gasteiger partial charge in [-0.05, 0) is 17.7 Å². The minimum absolute atomic E-state index is 0.165. The molecular weight excluding hydrogens is 390 g/mol. The molecule has 2 aromatic rings. The summed E-state index contributed by atoms with van der Waals surface area (Å²) < 4.78 is 6.36. The van der Waals surface area contributed by atoms with Crippen molar-refractivity contribution in [1.82, 2.24) is 5.32 Å². The van der Waals surface area contributed by atoms with Crippen LogP contribution in [0.2, 0.25) is 0 Å². The van der Waals surface area contributed by atoms with E-state index < -0.39 is 0 Å². The predicted molar refractivity (Wildman–Crippen MR) is 100 cm³/mol. The molecule has 1 amide bonds. The lowest BCUT2D eigenvalue weighted by Gasteiger charge is -2.28. The predicted octanol–water partition coefficient (Wildman–Crippen LogP) is 3.92. The van der Waals surface area contributed by atoms with Crippen molar-refractivity contribution in [2.75, 3.05) is 38.3 Å². The van der Waals surface area contributed by atoms with E-state index in [-0.39, 0.29) is 5.91 Å². The maximum atomic E-state index is 12.4. The Morgan fingerprint density at radius 1 is 1.33 bits per heavy atom. The molecule has 1 aliphatic rings. The molecule has 1 fully saturated rings. The minimum atomic E-state index is -0.165. The molecule has 2 heterocycles. The van der Waals surface area contributed by atoms with Crippen LogP contribution in [0.1, 0.15) is 9.67 Å². The van der Waals surface area contributed by atoms with E-state index in [9.17, 15) is 4.79 Å². The highest BCUT2D eigenvalue weighted by Crippen LogP contribution is 2.48. The smallest absolute Gasteiger partial charge is 0.260 e. The molecule has 0 atom stereocenters. The molecule has 0 aliphatic carbocycles. The number of nitrogens with one attached hydrogen (secondary N) is 1. The first kappa shape index (κ1) is 17.0. The molecule has 0 saturated carbocycles.